The summed E-state index contributed by atoms with van der Waals surface area (Å²) >= 11 is 6.15. The summed E-state index contributed by atoms with van der Waals surface area (Å²) < 4.78 is 18.6. The fourth-order valence-electron chi connectivity index (χ4n) is 2.72. The highest BCUT2D eigenvalue weighted by Gasteiger charge is 2.31. The van der Waals surface area contributed by atoms with Crippen molar-refractivity contribution in [3.63, 3.8) is 0 Å². The first-order chi connectivity index (χ1) is 11.2. The summed E-state index contributed by atoms with van der Waals surface area (Å²) in [5.74, 6) is -0.635. The minimum atomic E-state index is -0.643. The minimum absolute atomic E-state index is 0.168. The van der Waals surface area contributed by atoms with Gasteiger partial charge in [0.2, 0.25) is 5.91 Å². The smallest absolute Gasteiger partial charge is 0.408 e. The van der Waals surface area contributed by atoms with E-state index in [0.717, 1.165) is 6.42 Å². The van der Waals surface area contributed by atoms with Crippen LogP contribution in [0.15, 0.2) is 18.2 Å². The van der Waals surface area contributed by atoms with Crippen molar-refractivity contribution in [2.75, 3.05) is 13.1 Å². The molecule has 0 aliphatic carbocycles. The summed E-state index contributed by atoms with van der Waals surface area (Å²) in [5.41, 5.74) is -0.0296. The highest BCUT2D eigenvalue weighted by Crippen LogP contribution is 2.36. The van der Waals surface area contributed by atoms with Crippen LogP contribution in [0.2, 0.25) is 5.02 Å². The van der Waals surface area contributed by atoms with Gasteiger partial charge in [-0.15, -0.1) is 0 Å². The molecule has 0 unspecified atom stereocenters. The molecule has 1 aromatic carbocycles. The molecule has 1 aliphatic heterocycles. The molecule has 0 radical (unpaired) electrons. The van der Waals surface area contributed by atoms with Gasteiger partial charge in [-0.05, 0) is 57.4 Å². The number of carbonyl (C=O) groups is 2. The van der Waals surface area contributed by atoms with Gasteiger partial charge in [0.05, 0.1) is 6.04 Å². The quantitative estimate of drug-likeness (QED) is 0.899. The van der Waals surface area contributed by atoms with Crippen LogP contribution in [0.5, 0.6) is 0 Å². The van der Waals surface area contributed by atoms with Crippen molar-refractivity contribution < 1.29 is 18.7 Å². The predicted octanol–water partition coefficient (Wildman–Crippen LogP) is 3.67. The third-order valence-electron chi connectivity index (χ3n) is 3.67. The molecular formula is C17H22ClFN2O3. The van der Waals surface area contributed by atoms with Crippen LogP contribution in [0.4, 0.5) is 9.18 Å². The number of hydrogen-bond donors (Lipinski definition) is 1. The number of ether oxygens (including phenoxy) is 1. The Bertz CT molecular complexity index is 631. The monoisotopic (exact) mass is 356 g/mol. The lowest BCUT2D eigenvalue weighted by Gasteiger charge is -2.26. The lowest BCUT2D eigenvalue weighted by atomic mass is 10.0. The number of nitrogens with one attached hydrogen (secondary N) is 1. The molecule has 1 heterocycles. The maximum Gasteiger partial charge on any atom is 0.408 e. The normalized spacial score (nSPS) is 17.7. The van der Waals surface area contributed by atoms with Crippen LogP contribution in [-0.4, -0.2) is 35.6 Å². The second-order valence-electron chi connectivity index (χ2n) is 6.77. The number of benzene rings is 1. The van der Waals surface area contributed by atoms with Crippen molar-refractivity contribution in [1.29, 1.82) is 0 Å². The van der Waals surface area contributed by atoms with Crippen LogP contribution < -0.4 is 5.32 Å². The Kier molecular flexibility index (Phi) is 5.70. The molecule has 0 saturated carbocycles. The highest BCUT2D eigenvalue weighted by atomic mass is 35.5. The van der Waals surface area contributed by atoms with Crippen LogP contribution in [0.25, 0.3) is 0 Å². The first-order valence-corrected chi connectivity index (χ1v) is 8.26. The van der Waals surface area contributed by atoms with Gasteiger partial charge in [0.15, 0.2) is 0 Å². The number of likely N-dealkylation sites (tertiary alicyclic amines) is 1. The zero-order valence-electron chi connectivity index (χ0n) is 14.1. The van der Waals surface area contributed by atoms with Gasteiger partial charge in [0.25, 0.3) is 0 Å². The summed E-state index contributed by atoms with van der Waals surface area (Å²) in [7, 11) is 0. The zero-order chi connectivity index (χ0) is 17.9. The van der Waals surface area contributed by atoms with E-state index < -0.39 is 11.7 Å². The fourth-order valence-corrected chi connectivity index (χ4v) is 2.97. The third-order valence-corrected chi connectivity index (χ3v) is 4.02. The van der Waals surface area contributed by atoms with Gasteiger partial charge in [-0.25, -0.2) is 9.18 Å². The molecule has 0 aromatic heterocycles. The second kappa shape index (κ2) is 7.38. The van der Waals surface area contributed by atoms with Crippen molar-refractivity contribution in [1.82, 2.24) is 10.2 Å². The molecule has 24 heavy (non-hydrogen) atoms. The van der Waals surface area contributed by atoms with Crippen molar-refractivity contribution in [2.24, 2.45) is 0 Å². The average Bonchev–Trinajstić information content (AvgIpc) is 2.95. The molecular weight excluding hydrogens is 335 g/mol. The SMILES string of the molecule is CC(C)(C)OC(=O)NCC(=O)N1CCC[C@@H]1c1cc(F)ccc1Cl. The van der Waals surface area contributed by atoms with Crippen molar-refractivity contribution in [3.05, 3.63) is 34.6 Å². The second-order valence-corrected chi connectivity index (χ2v) is 7.17. The van der Waals surface area contributed by atoms with E-state index in [1.54, 1.807) is 25.7 Å². The summed E-state index contributed by atoms with van der Waals surface area (Å²) in [6, 6.07) is 3.87. The lowest BCUT2D eigenvalue weighted by Crippen LogP contribution is -2.41. The van der Waals surface area contributed by atoms with E-state index in [2.05, 4.69) is 5.32 Å². The Balaban J connectivity index is 2.01. The molecule has 2 rings (SSSR count). The molecule has 1 fully saturated rings. The van der Waals surface area contributed by atoms with E-state index in [-0.39, 0.29) is 24.3 Å². The van der Waals surface area contributed by atoms with Gasteiger partial charge in [-0.1, -0.05) is 11.6 Å². The predicted molar refractivity (Wildman–Crippen MR) is 89.3 cm³/mol. The van der Waals surface area contributed by atoms with Crippen molar-refractivity contribution in [3.8, 4) is 0 Å². The van der Waals surface area contributed by atoms with Crippen molar-refractivity contribution >= 4 is 23.6 Å². The number of alkyl carbamates (subject to hydrolysis) is 1. The number of amides is 2. The molecule has 7 heteroatoms. The Labute approximate surface area is 146 Å². The van der Waals surface area contributed by atoms with Crippen LogP contribution in [0.3, 0.4) is 0 Å². The van der Waals surface area contributed by atoms with Crippen LogP contribution in [0, 0.1) is 5.82 Å². The molecule has 1 saturated heterocycles. The summed E-state index contributed by atoms with van der Waals surface area (Å²) in [6.07, 6.45) is 0.868. The molecule has 1 aromatic rings. The van der Waals surface area contributed by atoms with Gasteiger partial charge in [0.1, 0.15) is 18.0 Å². The molecule has 0 bridgehead atoms. The van der Waals surface area contributed by atoms with E-state index in [9.17, 15) is 14.0 Å². The Morgan fingerprint density at radius 2 is 2.12 bits per heavy atom. The van der Waals surface area contributed by atoms with E-state index in [1.807, 2.05) is 0 Å². The van der Waals surface area contributed by atoms with Crippen molar-refractivity contribution in [2.45, 2.75) is 45.3 Å². The van der Waals surface area contributed by atoms with Crippen LogP contribution >= 0.6 is 11.6 Å². The van der Waals surface area contributed by atoms with Crippen LogP contribution in [-0.2, 0) is 9.53 Å². The first kappa shape index (κ1) is 18.5. The fraction of sp³-hybridized carbons (Fsp3) is 0.529. The maximum absolute atomic E-state index is 13.5. The molecule has 1 atom stereocenters. The Hall–Kier alpha value is -1.82. The standard InChI is InChI=1S/C17H22ClFN2O3/c1-17(2,3)24-16(23)20-10-15(22)21-8-4-5-14(21)12-9-11(19)6-7-13(12)18/h6-7,9,14H,4-5,8,10H2,1-3H3,(H,20,23)/t14-/m1/s1. The van der Waals surface area contributed by atoms with E-state index in [4.69, 9.17) is 16.3 Å². The topological polar surface area (TPSA) is 58.6 Å². The van der Waals surface area contributed by atoms with Gasteiger partial charge in [-0.3, -0.25) is 4.79 Å². The number of nitrogens with zero attached hydrogens (tertiary/aromatic N) is 1. The Morgan fingerprint density at radius 1 is 1.42 bits per heavy atom. The lowest BCUT2D eigenvalue weighted by molar-refractivity contribution is -0.131. The summed E-state index contributed by atoms with van der Waals surface area (Å²) in [6.45, 7) is 5.62. The van der Waals surface area contributed by atoms with Gasteiger partial charge >= 0.3 is 6.09 Å². The highest BCUT2D eigenvalue weighted by molar-refractivity contribution is 6.31. The molecule has 2 amide bonds. The summed E-state index contributed by atoms with van der Waals surface area (Å²) in [5, 5.41) is 2.89. The minimum Gasteiger partial charge on any atom is -0.444 e. The first-order valence-electron chi connectivity index (χ1n) is 7.88. The number of rotatable bonds is 3. The van der Waals surface area contributed by atoms with E-state index in [0.29, 0.717) is 23.6 Å². The maximum atomic E-state index is 13.5. The molecule has 1 N–H and O–H groups in total. The van der Waals surface area contributed by atoms with E-state index in [1.165, 1.54) is 18.2 Å². The zero-order valence-corrected chi connectivity index (χ0v) is 14.8. The van der Waals surface area contributed by atoms with Gasteiger partial charge < -0.3 is 15.0 Å². The van der Waals surface area contributed by atoms with E-state index >= 15 is 0 Å². The number of carbonyl (C=O) groups excluding carboxylic acids is 2. The van der Waals surface area contributed by atoms with Gasteiger partial charge in [-0.2, -0.15) is 0 Å². The van der Waals surface area contributed by atoms with Gasteiger partial charge in [0, 0.05) is 11.6 Å². The molecule has 5 nitrogen and oxygen atoms in total. The molecule has 1 aliphatic rings. The molecule has 132 valence electrons. The average molecular weight is 357 g/mol. The number of hydrogen-bond acceptors (Lipinski definition) is 3. The third kappa shape index (κ3) is 4.84. The summed E-state index contributed by atoms with van der Waals surface area (Å²) in [4.78, 5) is 25.7. The molecule has 0 spiro atoms. The largest absolute Gasteiger partial charge is 0.444 e. The Morgan fingerprint density at radius 3 is 2.79 bits per heavy atom. The number of halogens is 2. The van der Waals surface area contributed by atoms with Crippen LogP contribution in [0.1, 0.15) is 45.2 Å².